The average molecular weight is 276 g/mol. The molecular formula is C16H24N2O2. The molecule has 1 aliphatic rings. The Hall–Kier alpha value is -1.55. The molecule has 2 unspecified atom stereocenters. The number of hydrogen-bond acceptors (Lipinski definition) is 3. The van der Waals surface area contributed by atoms with E-state index in [2.05, 4.69) is 29.3 Å². The molecule has 4 heteroatoms. The largest absolute Gasteiger partial charge is 0.480 e. The van der Waals surface area contributed by atoms with Gasteiger partial charge in [-0.1, -0.05) is 25.1 Å². The minimum Gasteiger partial charge on any atom is -0.480 e. The molecule has 2 atom stereocenters. The molecule has 1 aromatic carbocycles. The Kier molecular flexibility index (Phi) is 4.33. The number of carboxylic acids is 1. The van der Waals surface area contributed by atoms with Gasteiger partial charge in [-0.2, -0.15) is 0 Å². The van der Waals surface area contributed by atoms with Crippen LogP contribution >= 0.6 is 0 Å². The summed E-state index contributed by atoms with van der Waals surface area (Å²) in [5.74, 6) is -0.789. The third-order valence-corrected chi connectivity index (χ3v) is 4.07. The molecule has 0 saturated carbocycles. The lowest BCUT2D eigenvalue weighted by molar-refractivity contribution is -0.143. The van der Waals surface area contributed by atoms with Gasteiger partial charge in [0.1, 0.15) is 5.54 Å². The number of hydrogen-bond donors (Lipinski definition) is 2. The maximum absolute atomic E-state index is 11.6. The molecule has 1 heterocycles. The van der Waals surface area contributed by atoms with Gasteiger partial charge in [-0.3, -0.25) is 4.79 Å². The van der Waals surface area contributed by atoms with Gasteiger partial charge in [0.15, 0.2) is 0 Å². The predicted octanol–water partition coefficient (Wildman–Crippen LogP) is 2.28. The summed E-state index contributed by atoms with van der Waals surface area (Å²) < 4.78 is 0. The zero-order chi connectivity index (χ0) is 14.8. The monoisotopic (exact) mass is 276 g/mol. The van der Waals surface area contributed by atoms with Gasteiger partial charge >= 0.3 is 5.97 Å². The van der Waals surface area contributed by atoms with Crippen molar-refractivity contribution in [3.05, 3.63) is 29.8 Å². The number of carbonyl (C=O) groups is 1. The second kappa shape index (κ2) is 5.83. The minimum atomic E-state index is -0.915. The van der Waals surface area contributed by atoms with E-state index in [0.717, 1.165) is 12.8 Å². The normalized spacial score (nSPS) is 20.6. The van der Waals surface area contributed by atoms with Crippen LogP contribution in [0, 0.1) is 0 Å². The van der Waals surface area contributed by atoms with Crippen LogP contribution in [0.5, 0.6) is 0 Å². The summed E-state index contributed by atoms with van der Waals surface area (Å²) in [6.07, 6.45) is 1.91. The summed E-state index contributed by atoms with van der Waals surface area (Å²) in [6.45, 7) is 7.18. The molecule has 0 bridgehead atoms. The number of nitrogens with zero attached hydrogens (tertiary/aromatic N) is 1. The fourth-order valence-electron chi connectivity index (χ4n) is 2.81. The molecule has 1 aromatic rings. The molecule has 0 aromatic heterocycles. The van der Waals surface area contributed by atoms with Crippen molar-refractivity contribution in [2.75, 3.05) is 18.0 Å². The molecule has 0 saturated heterocycles. The lowest BCUT2D eigenvalue weighted by Gasteiger charge is -2.35. The van der Waals surface area contributed by atoms with Crippen LogP contribution in [0.15, 0.2) is 24.3 Å². The van der Waals surface area contributed by atoms with Crippen LogP contribution in [0.2, 0.25) is 0 Å². The maximum atomic E-state index is 11.6. The Morgan fingerprint density at radius 3 is 2.85 bits per heavy atom. The summed E-state index contributed by atoms with van der Waals surface area (Å²) >= 11 is 0. The Morgan fingerprint density at radius 2 is 2.20 bits per heavy atom. The first-order valence-electron chi connectivity index (χ1n) is 7.31. The Labute approximate surface area is 120 Å². The molecule has 2 rings (SSSR count). The first-order chi connectivity index (χ1) is 9.48. The van der Waals surface area contributed by atoms with Gasteiger partial charge in [0.05, 0.1) is 0 Å². The van der Waals surface area contributed by atoms with Crippen molar-refractivity contribution >= 4 is 11.7 Å². The molecular weight excluding hydrogens is 252 g/mol. The topological polar surface area (TPSA) is 52.6 Å². The van der Waals surface area contributed by atoms with Crippen LogP contribution < -0.4 is 10.2 Å². The van der Waals surface area contributed by atoms with Gasteiger partial charge < -0.3 is 15.3 Å². The van der Waals surface area contributed by atoms with Crippen molar-refractivity contribution in [1.29, 1.82) is 0 Å². The number of rotatable bonds is 6. The van der Waals surface area contributed by atoms with Gasteiger partial charge in [0, 0.05) is 18.3 Å². The molecule has 0 fully saturated rings. The molecule has 110 valence electrons. The predicted molar refractivity (Wildman–Crippen MR) is 81.3 cm³/mol. The highest BCUT2D eigenvalue weighted by molar-refractivity contribution is 5.79. The van der Waals surface area contributed by atoms with Crippen molar-refractivity contribution in [2.45, 2.75) is 45.2 Å². The van der Waals surface area contributed by atoms with Gasteiger partial charge in [0.2, 0.25) is 0 Å². The standard InChI is InChI=1S/C16H24N2O2/c1-4-9-17-16(3,15(19)20)11-18-12(2)10-13-7-5-6-8-14(13)18/h5-8,12,17H,4,9-11H2,1-3H3,(H,19,20). The average Bonchev–Trinajstić information content (AvgIpc) is 2.73. The Morgan fingerprint density at radius 1 is 1.50 bits per heavy atom. The van der Waals surface area contributed by atoms with Gasteiger partial charge in [-0.25, -0.2) is 0 Å². The van der Waals surface area contributed by atoms with Gasteiger partial charge in [0.25, 0.3) is 0 Å². The van der Waals surface area contributed by atoms with Crippen molar-refractivity contribution in [1.82, 2.24) is 5.32 Å². The minimum absolute atomic E-state index is 0.342. The Bertz CT molecular complexity index is 489. The number of carboxylic acid groups (broad SMARTS) is 1. The number of aliphatic carboxylic acids is 1. The summed E-state index contributed by atoms with van der Waals surface area (Å²) in [5.41, 5.74) is 1.57. The molecule has 1 aliphatic heterocycles. The quantitative estimate of drug-likeness (QED) is 0.837. The van der Waals surface area contributed by atoms with E-state index in [0.29, 0.717) is 19.1 Å². The third-order valence-electron chi connectivity index (χ3n) is 4.07. The van der Waals surface area contributed by atoms with E-state index in [1.165, 1.54) is 11.3 Å². The molecule has 2 N–H and O–H groups in total. The summed E-state index contributed by atoms with van der Waals surface area (Å²) in [4.78, 5) is 13.9. The second-order valence-electron chi connectivity index (χ2n) is 5.87. The van der Waals surface area contributed by atoms with Gasteiger partial charge in [-0.15, -0.1) is 0 Å². The summed E-state index contributed by atoms with van der Waals surface area (Å²) in [7, 11) is 0. The number of anilines is 1. The number of benzene rings is 1. The highest BCUT2D eigenvalue weighted by atomic mass is 16.4. The van der Waals surface area contributed by atoms with E-state index in [1.807, 2.05) is 19.1 Å². The van der Waals surface area contributed by atoms with Crippen LogP contribution in [-0.2, 0) is 11.2 Å². The summed E-state index contributed by atoms with van der Waals surface area (Å²) in [6, 6.07) is 8.61. The van der Waals surface area contributed by atoms with Crippen molar-refractivity contribution in [3.8, 4) is 0 Å². The molecule has 4 nitrogen and oxygen atoms in total. The van der Waals surface area contributed by atoms with E-state index in [-0.39, 0.29) is 0 Å². The first kappa shape index (κ1) is 14.9. The van der Waals surface area contributed by atoms with Crippen LogP contribution in [0.3, 0.4) is 0 Å². The first-order valence-corrected chi connectivity index (χ1v) is 7.31. The Balaban J connectivity index is 2.21. The number of fused-ring (bicyclic) bond motifs is 1. The molecule has 0 amide bonds. The zero-order valence-electron chi connectivity index (χ0n) is 12.5. The van der Waals surface area contributed by atoms with E-state index in [4.69, 9.17) is 0 Å². The van der Waals surface area contributed by atoms with E-state index < -0.39 is 11.5 Å². The van der Waals surface area contributed by atoms with Crippen LogP contribution in [0.25, 0.3) is 0 Å². The van der Waals surface area contributed by atoms with Gasteiger partial charge in [-0.05, 0) is 44.9 Å². The third kappa shape index (κ3) is 2.80. The molecule has 0 spiro atoms. The molecule has 0 aliphatic carbocycles. The van der Waals surface area contributed by atoms with Crippen molar-refractivity contribution < 1.29 is 9.90 Å². The fourth-order valence-corrected chi connectivity index (χ4v) is 2.81. The van der Waals surface area contributed by atoms with Crippen LogP contribution in [-0.4, -0.2) is 35.7 Å². The highest BCUT2D eigenvalue weighted by Gasteiger charge is 2.38. The molecule has 20 heavy (non-hydrogen) atoms. The number of para-hydroxylation sites is 1. The van der Waals surface area contributed by atoms with Crippen molar-refractivity contribution in [2.24, 2.45) is 0 Å². The van der Waals surface area contributed by atoms with E-state index >= 15 is 0 Å². The summed E-state index contributed by atoms with van der Waals surface area (Å²) in [5, 5.41) is 12.7. The zero-order valence-corrected chi connectivity index (χ0v) is 12.5. The second-order valence-corrected chi connectivity index (χ2v) is 5.87. The van der Waals surface area contributed by atoms with E-state index in [9.17, 15) is 9.90 Å². The number of nitrogens with one attached hydrogen (secondary N) is 1. The SMILES string of the molecule is CCCNC(C)(CN1c2ccccc2CC1C)C(=O)O. The maximum Gasteiger partial charge on any atom is 0.325 e. The van der Waals surface area contributed by atoms with Crippen molar-refractivity contribution in [3.63, 3.8) is 0 Å². The smallest absolute Gasteiger partial charge is 0.325 e. The van der Waals surface area contributed by atoms with E-state index in [1.54, 1.807) is 6.92 Å². The van der Waals surface area contributed by atoms with Crippen LogP contribution in [0.1, 0.15) is 32.8 Å². The fraction of sp³-hybridized carbons (Fsp3) is 0.562. The highest BCUT2D eigenvalue weighted by Crippen LogP contribution is 2.32. The van der Waals surface area contributed by atoms with Crippen LogP contribution in [0.4, 0.5) is 5.69 Å². The lowest BCUT2D eigenvalue weighted by Crippen LogP contribution is -2.58. The lowest BCUT2D eigenvalue weighted by atomic mass is 10.0. The molecule has 0 radical (unpaired) electrons.